The highest BCUT2D eigenvalue weighted by Gasteiger charge is 2.25. The topological polar surface area (TPSA) is 47.6 Å². The standard InChI is InChI=1S/C22H26N4OS/c1-25-11-13-26(14-12-25)20(21-10-5-15-28-21)16-23-22(27)24-19-9-4-7-17-6-2-3-8-18(17)19/h2-10,15,20H,11-14,16H2,1H3,(H2,23,24,27). The average molecular weight is 395 g/mol. The van der Waals surface area contributed by atoms with E-state index in [-0.39, 0.29) is 12.1 Å². The number of nitrogens with one attached hydrogen (secondary N) is 2. The molecule has 3 aromatic rings. The summed E-state index contributed by atoms with van der Waals surface area (Å²) in [6.07, 6.45) is 0. The molecule has 1 aliphatic heterocycles. The second-order valence-electron chi connectivity index (χ2n) is 7.23. The summed E-state index contributed by atoms with van der Waals surface area (Å²) in [6, 6.07) is 18.4. The molecular formula is C22H26N4OS. The third-order valence-corrected chi connectivity index (χ3v) is 6.32. The molecule has 0 radical (unpaired) electrons. The summed E-state index contributed by atoms with van der Waals surface area (Å²) in [5.41, 5.74) is 0.836. The summed E-state index contributed by atoms with van der Waals surface area (Å²) >= 11 is 1.76. The third kappa shape index (κ3) is 4.35. The van der Waals surface area contributed by atoms with Crippen molar-refractivity contribution in [2.45, 2.75) is 6.04 Å². The molecule has 1 aromatic heterocycles. The highest BCUT2D eigenvalue weighted by atomic mass is 32.1. The first-order valence-corrected chi connectivity index (χ1v) is 10.6. The summed E-state index contributed by atoms with van der Waals surface area (Å²) in [7, 11) is 2.16. The van der Waals surface area contributed by atoms with Crippen LogP contribution in [0.3, 0.4) is 0 Å². The van der Waals surface area contributed by atoms with Gasteiger partial charge in [-0.2, -0.15) is 0 Å². The number of anilines is 1. The van der Waals surface area contributed by atoms with Crippen molar-refractivity contribution >= 4 is 33.8 Å². The molecule has 2 amide bonds. The molecule has 0 aliphatic carbocycles. The molecule has 2 heterocycles. The Morgan fingerprint density at radius 3 is 2.61 bits per heavy atom. The van der Waals surface area contributed by atoms with E-state index in [2.05, 4.69) is 57.1 Å². The van der Waals surface area contributed by atoms with E-state index in [9.17, 15) is 4.79 Å². The number of carbonyl (C=O) groups excluding carboxylic acids is 1. The van der Waals surface area contributed by atoms with Gasteiger partial charge in [0.2, 0.25) is 0 Å². The Morgan fingerprint density at radius 1 is 1.04 bits per heavy atom. The van der Waals surface area contributed by atoms with Crippen LogP contribution in [0.25, 0.3) is 10.8 Å². The van der Waals surface area contributed by atoms with Gasteiger partial charge in [-0.1, -0.05) is 42.5 Å². The zero-order valence-corrected chi connectivity index (χ0v) is 16.9. The summed E-state index contributed by atoms with van der Waals surface area (Å²) in [5.74, 6) is 0. The van der Waals surface area contributed by atoms with Gasteiger partial charge in [-0.3, -0.25) is 4.90 Å². The first-order valence-electron chi connectivity index (χ1n) is 9.69. The fraction of sp³-hybridized carbons (Fsp3) is 0.318. The molecule has 4 rings (SSSR count). The maximum atomic E-state index is 12.6. The highest BCUT2D eigenvalue weighted by Crippen LogP contribution is 2.26. The lowest BCUT2D eigenvalue weighted by Gasteiger charge is -2.37. The minimum absolute atomic E-state index is 0.160. The van der Waals surface area contributed by atoms with Crippen molar-refractivity contribution in [2.24, 2.45) is 0 Å². The van der Waals surface area contributed by atoms with Crippen LogP contribution in [0.4, 0.5) is 10.5 Å². The molecule has 5 nitrogen and oxygen atoms in total. The third-order valence-electron chi connectivity index (χ3n) is 5.34. The first-order chi connectivity index (χ1) is 13.7. The summed E-state index contributed by atoms with van der Waals surface area (Å²) in [4.78, 5) is 18.7. The van der Waals surface area contributed by atoms with Crippen molar-refractivity contribution in [3.05, 3.63) is 64.9 Å². The minimum Gasteiger partial charge on any atom is -0.336 e. The molecular weight excluding hydrogens is 368 g/mol. The number of thiophene rings is 1. The van der Waals surface area contributed by atoms with Crippen LogP contribution in [0.15, 0.2) is 60.0 Å². The Bertz CT molecular complexity index is 914. The predicted molar refractivity (Wildman–Crippen MR) is 117 cm³/mol. The molecule has 1 saturated heterocycles. The number of likely N-dealkylation sites (N-methyl/N-ethyl adjacent to an activating group) is 1. The SMILES string of the molecule is CN1CCN(C(CNC(=O)Nc2cccc3ccccc23)c2cccs2)CC1. The Balaban J connectivity index is 1.42. The van der Waals surface area contributed by atoms with E-state index < -0.39 is 0 Å². The number of rotatable bonds is 5. The molecule has 6 heteroatoms. The van der Waals surface area contributed by atoms with E-state index in [0.29, 0.717) is 6.54 Å². The smallest absolute Gasteiger partial charge is 0.319 e. The van der Waals surface area contributed by atoms with E-state index in [1.165, 1.54) is 4.88 Å². The predicted octanol–water partition coefficient (Wildman–Crippen LogP) is 4.01. The molecule has 28 heavy (non-hydrogen) atoms. The fourth-order valence-electron chi connectivity index (χ4n) is 3.71. The van der Waals surface area contributed by atoms with E-state index in [1.807, 2.05) is 30.3 Å². The molecule has 1 aliphatic rings. The van der Waals surface area contributed by atoms with Gasteiger partial charge in [0.25, 0.3) is 0 Å². The van der Waals surface area contributed by atoms with E-state index in [4.69, 9.17) is 0 Å². The molecule has 2 aromatic carbocycles. The number of piperazine rings is 1. The van der Waals surface area contributed by atoms with Gasteiger partial charge in [-0.05, 0) is 29.9 Å². The van der Waals surface area contributed by atoms with Gasteiger partial charge in [0.1, 0.15) is 0 Å². The molecule has 1 unspecified atom stereocenters. The maximum Gasteiger partial charge on any atom is 0.319 e. The number of hydrogen-bond donors (Lipinski definition) is 2. The summed E-state index contributed by atoms with van der Waals surface area (Å²) in [5, 5.41) is 10.4. The molecule has 2 N–H and O–H groups in total. The Hall–Kier alpha value is -2.41. The van der Waals surface area contributed by atoms with Gasteiger partial charge < -0.3 is 15.5 Å². The van der Waals surface area contributed by atoms with Crippen LogP contribution in [0.2, 0.25) is 0 Å². The molecule has 1 fully saturated rings. The van der Waals surface area contributed by atoms with Crippen LogP contribution in [-0.4, -0.2) is 55.6 Å². The lowest BCUT2D eigenvalue weighted by atomic mass is 10.1. The van der Waals surface area contributed by atoms with Crippen LogP contribution in [0, 0.1) is 0 Å². The van der Waals surface area contributed by atoms with Crippen molar-refractivity contribution in [2.75, 3.05) is 45.1 Å². The Kier molecular flexibility index (Phi) is 5.90. The molecule has 0 spiro atoms. The second-order valence-corrected chi connectivity index (χ2v) is 8.21. The summed E-state index contributed by atoms with van der Waals surface area (Å²) < 4.78 is 0. The molecule has 146 valence electrons. The van der Waals surface area contributed by atoms with E-state index >= 15 is 0 Å². The van der Waals surface area contributed by atoms with Crippen LogP contribution < -0.4 is 10.6 Å². The number of urea groups is 1. The van der Waals surface area contributed by atoms with Crippen molar-refractivity contribution in [3.8, 4) is 0 Å². The van der Waals surface area contributed by atoms with Crippen molar-refractivity contribution in [3.63, 3.8) is 0 Å². The Morgan fingerprint density at radius 2 is 1.82 bits per heavy atom. The van der Waals surface area contributed by atoms with Crippen LogP contribution in [-0.2, 0) is 0 Å². The zero-order valence-electron chi connectivity index (χ0n) is 16.1. The van der Waals surface area contributed by atoms with Crippen LogP contribution >= 0.6 is 11.3 Å². The largest absolute Gasteiger partial charge is 0.336 e. The lowest BCUT2D eigenvalue weighted by molar-refractivity contribution is 0.113. The van der Waals surface area contributed by atoms with Crippen molar-refractivity contribution < 1.29 is 4.79 Å². The summed E-state index contributed by atoms with van der Waals surface area (Å²) in [6.45, 7) is 4.76. The zero-order chi connectivity index (χ0) is 19.3. The van der Waals surface area contributed by atoms with Crippen molar-refractivity contribution in [1.29, 1.82) is 0 Å². The number of carbonyl (C=O) groups is 1. The fourth-order valence-corrected chi connectivity index (χ4v) is 4.58. The first kappa shape index (κ1) is 18.9. The number of fused-ring (bicyclic) bond motifs is 1. The van der Waals surface area contributed by atoms with Crippen LogP contribution in [0.1, 0.15) is 10.9 Å². The van der Waals surface area contributed by atoms with Gasteiger partial charge in [0.15, 0.2) is 0 Å². The quantitative estimate of drug-likeness (QED) is 0.687. The number of hydrogen-bond acceptors (Lipinski definition) is 4. The highest BCUT2D eigenvalue weighted by molar-refractivity contribution is 7.10. The average Bonchev–Trinajstić information content (AvgIpc) is 3.24. The monoisotopic (exact) mass is 394 g/mol. The minimum atomic E-state index is -0.160. The molecule has 1 atom stereocenters. The molecule has 0 bridgehead atoms. The van der Waals surface area contributed by atoms with Gasteiger partial charge in [-0.15, -0.1) is 11.3 Å². The van der Waals surface area contributed by atoms with Gasteiger partial charge >= 0.3 is 6.03 Å². The van der Waals surface area contributed by atoms with Gasteiger partial charge in [-0.25, -0.2) is 4.79 Å². The van der Waals surface area contributed by atoms with Crippen molar-refractivity contribution in [1.82, 2.24) is 15.1 Å². The number of benzene rings is 2. The lowest BCUT2D eigenvalue weighted by Crippen LogP contribution is -2.48. The number of nitrogens with zero attached hydrogens (tertiary/aromatic N) is 2. The van der Waals surface area contributed by atoms with E-state index in [0.717, 1.165) is 42.6 Å². The maximum absolute atomic E-state index is 12.6. The van der Waals surface area contributed by atoms with E-state index in [1.54, 1.807) is 11.3 Å². The van der Waals surface area contributed by atoms with Gasteiger partial charge in [0, 0.05) is 43.0 Å². The van der Waals surface area contributed by atoms with Crippen LogP contribution in [0.5, 0.6) is 0 Å². The second kappa shape index (κ2) is 8.73. The number of amides is 2. The van der Waals surface area contributed by atoms with Gasteiger partial charge in [0.05, 0.1) is 11.7 Å². The molecule has 0 saturated carbocycles. The normalized spacial score (nSPS) is 16.8. The Labute approximate surface area is 170 Å².